The van der Waals surface area contributed by atoms with Gasteiger partial charge in [-0.15, -0.1) is 0 Å². The van der Waals surface area contributed by atoms with E-state index in [1.807, 2.05) is 30.3 Å². The third-order valence-electron chi connectivity index (χ3n) is 5.26. The van der Waals surface area contributed by atoms with Crippen LogP contribution in [0, 0.1) is 5.92 Å². The van der Waals surface area contributed by atoms with Gasteiger partial charge in [0.25, 0.3) is 0 Å². The summed E-state index contributed by atoms with van der Waals surface area (Å²) in [7, 11) is 2.25. The zero-order valence-electron chi connectivity index (χ0n) is 16.2. The number of ether oxygens (including phenoxy) is 2. The Labute approximate surface area is 168 Å². The number of methoxy groups -OCH3 is 2. The Bertz CT molecular complexity index is 925. The summed E-state index contributed by atoms with van der Waals surface area (Å²) < 4.78 is 9.62. The first-order chi connectivity index (χ1) is 14.0. The lowest BCUT2D eigenvalue weighted by Gasteiger charge is -2.32. The van der Waals surface area contributed by atoms with Gasteiger partial charge in [0, 0.05) is 12.1 Å². The number of nitrogens with zero attached hydrogens (tertiary/aromatic N) is 1. The van der Waals surface area contributed by atoms with E-state index in [0.717, 1.165) is 19.8 Å². The maximum atomic E-state index is 13.7. The van der Waals surface area contributed by atoms with E-state index < -0.39 is 29.2 Å². The molecule has 1 heterocycles. The number of carbonyl (C=O) groups excluding carboxylic acids is 4. The average Bonchev–Trinajstić information content (AvgIpc) is 2.98. The van der Waals surface area contributed by atoms with Crippen molar-refractivity contribution in [1.29, 1.82) is 0 Å². The predicted molar refractivity (Wildman–Crippen MR) is 104 cm³/mol. The molecule has 150 valence electrons. The highest BCUT2D eigenvalue weighted by molar-refractivity contribution is 6.15. The van der Waals surface area contributed by atoms with Gasteiger partial charge in [-0.1, -0.05) is 48.5 Å². The van der Waals surface area contributed by atoms with Crippen molar-refractivity contribution in [2.24, 2.45) is 5.92 Å². The van der Waals surface area contributed by atoms with Crippen molar-refractivity contribution in [2.75, 3.05) is 19.1 Å². The molecule has 0 fully saturated rings. The molecule has 0 unspecified atom stereocenters. The lowest BCUT2D eigenvalue weighted by atomic mass is 9.68. The summed E-state index contributed by atoms with van der Waals surface area (Å²) in [5.74, 6) is -3.97. The van der Waals surface area contributed by atoms with E-state index in [-0.39, 0.29) is 13.0 Å². The summed E-state index contributed by atoms with van der Waals surface area (Å²) in [5, 5.41) is 0. The Balaban J connectivity index is 2.21. The molecule has 7 heteroatoms. The second-order valence-corrected chi connectivity index (χ2v) is 6.72. The van der Waals surface area contributed by atoms with Gasteiger partial charge in [0.1, 0.15) is 11.7 Å². The van der Waals surface area contributed by atoms with Gasteiger partial charge in [0.2, 0.25) is 5.91 Å². The van der Waals surface area contributed by atoms with Gasteiger partial charge in [-0.25, -0.2) is 0 Å². The lowest BCUT2D eigenvalue weighted by Crippen LogP contribution is -2.52. The van der Waals surface area contributed by atoms with Crippen molar-refractivity contribution in [3.63, 3.8) is 0 Å². The standard InChI is InChI=1S/C22H21NO6/c1-28-19(25)18(20(26)29-2)22(12-13-24)16-10-6-7-11-17(16)23(21(22)27)14-15-8-4-3-5-9-15/h3-11,13,18H,12,14H2,1-2H3/t22-/m0/s1. The minimum Gasteiger partial charge on any atom is -0.468 e. The Hall–Kier alpha value is -3.48. The molecule has 0 spiro atoms. The van der Waals surface area contributed by atoms with Crippen LogP contribution in [-0.4, -0.2) is 38.4 Å². The highest BCUT2D eigenvalue weighted by Gasteiger charge is 2.61. The van der Waals surface area contributed by atoms with Gasteiger partial charge in [-0.2, -0.15) is 0 Å². The number of rotatable bonds is 7. The predicted octanol–water partition coefficient (Wildman–Crippen LogP) is 2.02. The molecule has 3 rings (SSSR count). The average molecular weight is 395 g/mol. The van der Waals surface area contributed by atoms with Crippen molar-refractivity contribution in [3.8, 4) is 0 Å². The summed E-state index contributed by atoms with van der Waals surface area (Å²) in [4.78, 5) is 52.0. The molecular weight excluding hydrogens is 374 g/mol. The first kappa shape index (κ1) is 20.3. The van der Waals surface area contributed by atoms with Crippen LogP contribution < -0.4 is 4.90 Å². The number of benzene rings is 2. The van der Waals surface area contributed by atoms with Crippen molar-refractivity contribution in [3.05, 3.63) is 65.7 Å². The Kier molecular flexibility index (Phi) is 5.77. The van der Waals surface area contributed by atoms with E-state index in [0.29, 0.717) is 17.5 Å². The van der Waals surface area contributed by atoms with Crippen LogP contribution in [-0.2, 0) is 40.6 Å². The molecule has 0 bridgehead atoms. The van der Waals surface area contributed by atoms with E-state index in [1.54, 1.807) is 24.3 Å². The fourth-order valence-corrected chi connectivity index (χ4v) is 3.93. The van der Waals surface area contributed by atoms with Crippen molar-refractivity contribution < 1.29 is 28.7 Å². The summed E-state index contributed by atoms with van der Waals surface area (Å²) in [5.41, 5.74) is 0.105. The number of hydrogen-bond acceptors (Lipinski definition) is 6. The van der Waals surface area contributed by atoms with Gasteiger partial charge < -0.3 is 19.2 Å². The van der Waals surface area contributed by atoms with Crippen LogP contribution in [0.4, 0.5) is 5.69 Å². The summed E-state index contributed by atoms with van der Waals surface area (Å²) in [6.07, 6.45) is 0.183. The third kappa shape index (κ3) is 3.29. The Morgan fingerprint density at radius 1 is 1.00 bits per heavy atom. The molecule has 0 radical (unpaired) electrons. The van der Waals surface area contributed by atoms with E-state index in [1.165, 1.54) is 4.90 Å². The molecule has 0 saturated carbocycles. The van der Waals surface area contributed by atoms with Crippen molar-refractivity contribution in [1.82, 2.24) is 0 Å². The fraction of sp³-hybridized carbons (Fsp3) is 0.273. The van der Waals surface area contributed by atoms with E-state index in [9.17, 15) is 19.2 Å². The van der Waals surface area contributed by atoms with E-state index >= 15 is 0 Å². The minimum absolute atomic E-state index is 0.229. The molecule has 0 aliphatic carbocycles. The van der Waals surface area contributed by atoms with Crippen LogP contribution >= 0.6 is 0 Å². The Morgan fingerprint density at radius 3 is 2.17 bits per heavy atom. The maximum absolute atomic E-state index is 13.7. The van der Waals surface area contributed by atoms with Gasteiger partial charge >= 0.3 is 11.9 Å². The summed E-state index contributed by atoms with van der Waals surface area (Å²) in [6, 6.07) is 16.1. The fourth-order valence-electron chi connectivity index (χ4n) is 3.93. The second-order valence-electron chi connectivity index (χ2n) is 6.72. The molecule has 7 nitrogen and oxygen atoms in total. The maximum Gasteiger partial charge on any atom is 0.321 e. The second kappa shape index (κ2) is 8.26. The number of anilines is 1. The van der Waals surface area contributed by atoms with Crippen LogP contribution in [0.5, 0.6) is 0 Å². The van der Waals surface area contributed by atoms with Crippen molar-refractivity contribution in [2.45, 2.75) is 18.4 Å². The lowest BCUT2D eigenvalue weighted by molar-refractivity contribution is -0.165. The van der Waals surface area contributed by atoms with Crippen LogP contribution in [0.3, 0.4) is 0 Å². The summed E-state index contributed by atoms with van der Waals surface area (Å²) >= 11 is 0. The number of para-hydroxylation sites is 1. The monoisotopic (exact) mass is 395 g/mol. The van der Waals surface area contributed by atoms with E-state index in [4.69, 9.17) is 9.47 Å². The molecule has 0 N–H and O–H groups in total. The number of hydrogen-bond donors (Lipinski definition) is 0. The molecule has 1 amide bonds. The molecule has 0 aromatic heterocycles. The van der Waals surface area contributed by atoms with Gasteiger partial charge in [0.05, 0.1) is 20.8 Å². The molecular formula is C22H21NO6. The number of carbonyl (C=O) groups is 4. The molecule has 1 atom stereocenters. The molecule has 2 aromatic carbocycles. The molecule has 2 aromatic rings. The quantitative estimate of drug-likeness (QED) is 0.405. The summed E-state index contributed by atoms with van der Waals surface area (Å²) in [6.45, 7) is 0.229. The molecule has 1 aliphatic heterocycles. The van der Waals surface area contributed by atoms with Crippen LogP contribution in [0.15, 0.2) is 54.6 Å². The number of fused-ring (bicyclic) bond motifs is 1. The smallest absolute Gasteiger partial charge is 0.321 e. The van der Waals surface area contributed by atoms with Gasteiger partial charge in [-0.3, -0.25) is 14.4 Å². The first-order valence-electron chi connectivity index (χ1n) is 9.06. The number of amides is 1. The van der Waals surface area contributed by atoms with E-state index in [2.05, 4.69) is 0 Å². The zero-order valence-corrected chi connectivity index (χ0v) is 16.2. The molecule has 1 aliphatic rings. The SMILES string of the molecule is COC(=O)C(C(=O)OC)[C@@]1(CC=O)C(=O)N(Cc2ccccc2)c2ccccc21. The topological polar surface area (TPSA) is 90.0 Å². The van der Waals surface area contributed by atoms with Gasteiger partial charge in [0.15, 0.2) is 5.92 Å². The zero-order chi connectivity index (χ0) is 21.0. The Morgan fingerprint density at radius 2 is 1.59 bits per heavy atom. The highest BCUT2D eigenvalue weighted by atomic mass is 16.5. The van der Waals surface area contributed by atoms with Crippen LogP contribution in [0.25, 0.3) is 0 Å². The van der Waals surface area contributed by atoms with Crippen LogP contribution in [0.1, 0.15) is 17.5 Å². The van der Waals surface area contributed by atoms with Crippen LogP contribution in [0.2, 0.25) is 0 Å². The van der Waals surface area contributed by atoms with Crippen molar-refractivity contribution >= 4 is 29.8 Å². The van der Waals surface area contributed by atoms with Gasteiger partial charge in [-0.05, 0) is 17.2 Å². The number of esters is 2. The number of aldehydes is 1. The third-order valence-corrected chi connectivity index (χ3v) is 5.26. The first-order valence-corrected chi connectivity index (χ1v) is 9.06. The largest absolute Gasteiger partial charge is 0.468 e. The molecule has 0 saturated heterocycles. The molecule has 29 heavy (non-hydrogen) atoms. The highest BCUT2D eigenvalue weighted by Crippen LogP contribution is 2.49. The normalized spacial score (nSPS) is 17.8. The minimum atomic E-state index is -1.73.